The van der Waals surface area contributed by atoms with Crippen LogP contribution in [0.5, 0.6) is 5.75 Å². The minimum absolute atomic E-state index is 0.142. The van der Waals surface area contributed by atoms with Crippen LogP contribution in [-0.4, -0.2) is 26.5 Å². The number of nitrogens with one attached hydrogen (secondary N) is 2. The van der Waals surface area contributed by atoms with Crippen LogP contribution in [0.3, 0.4) is 0 Å². The largest absolute Gasteiger partial charge is 0.481 e. The van der Waals surface area contributed by atoms with E-state index >= 15 is 0 Å². The normalized spacial score (nSPS) is 17.1. The van der Waals surface area contributed by atoms with Crippen LogP contribution in [-0.2, 0) is 14.8 Å². The molecule has 30 heavy (non-hydrogen) atoms. The van der Waals surface area contributed by atoms with Crippen LogP contribution in [0.4, 0.5) is 0 Å². The summed E-state index contributed by atoms with van der Waals surface area (Å²) in [5, 5.41) is 3.04. The number of hydrogen-bond acceptors (Lipinski definition) is 4. The number of carbonyl (C=O) groups excluding carboxylic acids is 1. The first-order valence-corrected chi connectivity index (χ1v) is 12.0. The number of hydrogen-bond donors (Lipinski definition) is 2. The Morgan fingerprint density at radius 1 is 0.967 bits per heavy atom. The quantitative estimate of drug-likeness (QED) is 0.664. The summed E-state index contributed by atoms with van der Waals surface area (Å²) < 4.78 is 33.7. The molecule has 0 unspecified atom stereocenters. The van der Waals surface area contributed by atoms with Crippen molar-refractivity contribution in [3.63, 3.8) is 0 Å². The molecule has 1 saturated carbocycles. The van der Waals surface area contributed by atoms with Gasteiger partial charge in [-0.25, -0.2) is 13.1 Å². The molecule has 2 aromatic carbocycles. The van der Waals surface area contributed by atoms with Crippen molar-refractivity contribution in [2.75, 3.05) is 0 Å². The predicted molar refractivity (Wildman–Crippen MR) is 117 cm³/mol. The van der Waals surface area contributed by atoms with Gasteiger partial charge in [-0.2, -0.15) is 0 Å². The molecule has 3 rings (SSSR count). The first kappa shape index (κ1) is 22.3. The average molecular weight is 431 g/mol. The van der Waals surface area contributed by atoms with Gasteiger partial charge in [0.25, 0.3) is 5.91 Å². The van der Waals surface area contributed by atoms with E-state index in [0.29, 0.717) is 5.75 Å². The molecular formula is C23H30N2O4S. The van der Waals surface area contributed by atoms with Gasteiger partial charge in [-0.3, -0.25) is 4.79 Å². The summed E-state index contributed by atoms with van der Waals surface area (Å²) in [6.45, 7) is 3.50. The van der Waals surface area contributed by atoms with Gasteiger partial charge in [0.1, 0.15) is 5.75 Å². The highest BCUT2D eigenvalue weighted by atomic mass is 32.2. The second-order valence-electron chi connectivity index (χ2n) is 7.83. The summed E-state index contributed by atoms with van der Waals surface area (Å²) in [6.07, 6.45) is 4.90. The fraction of sp³-hybridized carbons (Fsp3) is 0.435. The second-order valence-corrected chi connectivity index (χ2v) is 9.54. The highest BCUT2D eigenvalue weighted by Crippen LogP contribution is 2.21. The van der Waals surface area contributed by atoms with Gasteiger partial charge < -0.3 is 10.1 Å². The van der Waals surface area contributed by atoms with Gasteiger partial charge in [-0.05, 0) is 56.5 Å². The van der Waals surface area contributed by atoms with Crippen LogP contribution in [0.1, 0.15) is 57.6 Å². The maximum Gasteiger partial charge on any atom is 0.260 e. The van der Waals surface area contributed by atoms with Crippen molar-refractivity contribution in [2.24, 2.45) is 0 Å². The minimum Gasteiger partial charge on any atom is -0.481 e. The van der Waals surface area contributed by atoms with E-state index in [-0.39, 0.29) is 22.9 Å². The van der Waals surface area contributed by atoms with Crippen LogP contribution in [0.2, 0.25) is 0 Å². The molecule has 0 bridgehead atoms. The van der Waals surface area contributed by atoms with Gasteiger partial charge in [-0.1, -0.05) is 49.6 Å². The molecule has 0 aromatic heterocycles. The fourth-order valence-electron chi connectivity index (χ4n) is 3.63. The molecule has 1 fully saturated rings. The van der Waals surface area contributed by atoms with E-state index in [1.165, 1.54) is 18.6 Å². The summed E-state index contributed by atoms with van der Waals surface area (Å²) in [4.78, 5) is 12.5. The number of carbonyl (C=O) groups is 1. The molecular weight excluding hydrogens is 400 g/mol. The Morgan fingerprint density at radius 3 is 2.23 bits per heavy atom. The molecule has 2 N–H and O–H groups in total. The van der Waals surface area contributed by atoms with Crippen LogP contribution in [0, 0.1) is 0 Å². The summed E-state index contributed by atoms with van der Waals surface area (Å²) in [7, 11) is -3.67. The van der Waals surface area contributed by atoms with Crippen LogP contribution < -0.4 is 14.8 Å². The zero-order valence-corrected chi connectivity index (χ0v) is 18.3. The van der Waals surface area contributed by atoms with Crippen molar-refractivity contribution in [1.82, 2.24) is 10.0 Å². The average Bonchev–Trinajstić information content (AvgIpc) is 2.75. The van der Waals surface area contributed by atoms with Gasteiger partial charge in [0.05, 0.1) is 4.90 Å². The number of amides is 1. The predicted octanol–water partition coefficient (Wildman–Crippen LogP) is 3.94. The van der Waals surface area contributed by atoms with Gasteiger partial charge in [0, 0.05) is 12.1 Å². The Kier molecular flexibility index (Phi) is 7.50. The topological polar surface area (TPSA) is 84.5 Å². The Morgan fingerprint density at radius 2 is 1.60 bits per heavy atom. The fourth-order valence-corrected chi connectivity index (χ4v) is 4.86. The smallest absolute Gasteiger partial charge is 0.260 e. The standard InChI is InChI=1S/C23H30N2O4S/c1-17(19-9-5-3-6-10-19)25-30(27,28)22-15-13-21(14-16-22)29-18(2)23(26)24-20-11-7-4-8-12-20/h3,5-6,9-10,13-18,20,25H,4,7-8,11-12H2,1-2H3,(H,24,26)/t17-,18-/m0/s1. The molecule has 1 aliphatic carbocycles. The number of rotatable bonds is 8. The molecule has 2 atom stereocenters. The van der Waals surface area contributed by atoms with E-state index in [2.05, 4.69) is 10.0 Å². The summed E-state index contributed by atoms with van der Waals surface area (Å²) in [5.74, 6) is 0.313. The van der Waals surface area contributed by atoms with E-state index in [9.17, 15) is 13.2 Å². The van der Waals surface area contributed by atoms with Crippen LogP contribution in [0.25, 0.3) is 0 Å². The van der Waals surface area contributed by atoms with E-state index < -0.39 is 16.1 Å². The lowest BCUT2D eigenvalue weighted by Crippen LogP contribution is -2.43. The van der Waals surface area contributed by atoms with E-state index in [4.69, 9.17) is 4.74 Å². The molecule has 1 amide bonds. The number of benzene rings is 2. The molecule has 0 saturated heterocycles. The lowest BCUT2D eigenvalue weighted by molar-refractivity contribution is -0.128. The molecule has 0 radical (unpaired) electrons. The van der Waals surface area contributed by atoms with E-state index in [1.807, 2.05) is 30.3 Å². The van der Waals surface area contributed by atoms with Crippen LogP contribution >= 0.6 is 0 Å². The molecule has 162 valence electrons. The summed E-state index contributed by atoms with van der Waals surface area (Å²) >= 11 is 0. The second kappa shape index (κ2) is 10.1. The molecule has 2 aromatic rings. The van der Waals surface area contributed by atoms with Crippen molar-refractivity contribution in [3.05, 3.63) is 60.2 Å². The Bertz CT molecular complexity index is 923. The first-order chi connectivity index (χ1) is 14.3. The SMILES string of the molecule is C[C@H](Oc1ccc(S(=O)(=O)N[C@@H](C)c2ccccc2)cc1)C(=O)NC1CCCCC1. The summed E-state index contributed by atoms with van der Waals surface area (Å²) in [6, 6.07) is 15.4. The molecule has 7 heteroatoms. The Hall–Kier alpha value is -2.38. The lowest BCUT2D eigenvalue weighted by Gasteiger charge is -2.24. The zero-order valence-electron chi connectivity index (χ0n) is 17.5. The highest BCUT2D eigenvalue weighted by molar-refractivity contribution is 7.89. The Balaban J connectivity index is 1.57. The highest BCUT2D eigenvalue weighted by Gasteiger charge is 2.22. The number of sulfonamides is 1. The zero-order chi connectivity index (χ0) is 21.6. The van der Waals surface area contributed by atoms with Gasteiger partial charge in [0.2, 0.25) is 10.0 Å². The van der Waals surface area contributed by atoms with Crippen molar-refractivity contribution >= 4 is 15.9 Å². The van der Waals surface area contributed by atoms with Crippen molar-refractivity contribution < 1.29 is 17.9 Å². The Labute approximate surface area is 179 Å². The van der Waals surface area contributed by atoms with E-state index in [0.717, 1.165) is 31.2 Å². The van der Waals surface area contributed by atoms with Gasteiger partial charge >= 0.3 is 0 Å². The van der Waals surface area contributed by atoms with E-state index in [1.54, 1.807) is 26.0 Å². The van der Waals surface area contributed by atoms with Crippen molar-refractivity contribution in [2.45, 2.75) is 69.0 Å². The molecule has 1 aliphatic rings. The minimum atomic E-state index is -3.67. The van der Waals surface area contributed by atoms with Crippen molar-refractivity contribution in [1.29, 1.82) is 0 Å². The molecule has 6 nitrogen and oxygen atoms in total. The third-order valence-electron chi connectivity index (χ3n) is 5.40. The molecule has 0 heterocycles. The lowest BCUT2D eigenvalue weighted by atomic mass is 9.95. The van der Waals surface area contributed by atoms with Gasteiger partial charge in [-0.15, -0.1) is 0 Å². The monoisotopic (exact) mass is 430 g/mol. The maximum absolute atomic E-state index is 12.7. The van der Waals surface area contributed by atoms with Crippen LogP contribution in [0.15, 0.2) is 59.5 Å². The van der Waals surface area contributed by atoms with Gasteiger partial charge in [0.15, 0.2) is 6.10 Å². The third kappa shape index (κ3) is 6.06. The third-order valence-corrected chi connectivity index (χ3v) is 6.96. The summed E-state index contributed by atoms with van der Waals surface area (Å²) in [5.41, 5.74) is 0.888. The number of ether oxygens (including phenoxy) is 1. The molecule has 0 aliphatic heterocycles. The maximum atomic E-state index is 12.7. The molecule has 0 spiro atoms. The van der Waals surface area contributed by atoms with Crippen molar-refractivity contribution in [3.8, 4) is 5.75 Å². The first-order valence-electron chi connectivity index (χ1n) is 10.5.